The number of carbonyl (C=O) groups excluding carboxylic acids is 1. The topological polar surface area (TPSA) is 84.5 Å². The Labute approximate surface area is 139 Å². The summed E-state index contributed by atoms with van der Waals surface area (Å²) in [7, 11) is 0. The van der Waals surface area contributed by atoms with E-state index in [9.17, 15) is 20.1 Å². The van der Waals surface area contributed by atoms with E-state index in [0.717, 1.165) is 0 Å². The van der Waals surface area contributed by atoms with E-state index in [2.05, 4.69) is 0 Å². The van der Waals surface area contributed by atoms with Crippen molar-refractivity contribution in [3.63, 3.8) is 0 Å². The van der Waals surface area contributed by atoms with E-state index >= 15 is 0 Å². The number of hydrogen-bond acceptors (Lipinski definition) is 4. The second-order valence-electron chi connectivity index (χ2n) is 4.78. The summed E-state index contributed by atoms with van der Waals surface area (Å²) >= 11 is 0. The summed E-state index contributed by atoms with van der Waals surface area (Å²) in [5.41, 5.74) is 1.45. The molecule has 0 atom stereocenters. The molecule has 0 radical (unpaired) electrons. The number of hydrogen-bond donors (Lipinski definition) is 2. The molecule has 6 heteroatoms. The van der Waals surface area contributed by atoms with Crippen LogP contribution in [0, 0.1) is 6.92 Å². The molecule has 0 aliphatic rings. The SMILES string of the molecule is Br.Cc1c([O-])c(CO)c(CO)c[n+]1CC(=O)c1ccccc1. The van der Waals surface area contributed by atoms with Gasteiger partial charge >= 0.3 is 0 Å². The van der Waals surface area contributed by atoms with Gasteiger partial charge in [0.05, 0.1) is 13.2 Å². The Bertz CT molecular complexity index is 659. The van der Waals surface area contributed by atoms with Crippen molar-refractivity contribution in [1.82, 2.24) is 0 Å². The van der Waals surface area contributed by atoms with Crippen molar-refractivity contribution >= 4 is 22.8 Å². The van der Waals surface area contributed by atoms with Crippen LogP contribution >= 0.6 is 17.0 Å². The third-order valence-electron chi connectivity index (χ3n) is 3.47. The van der Waals surface area contributed by atoms with Crippen LogP contribution in [0.5, 0.6) is 5.75 Å². The maximum absolute atomic E-state index is 12.2. The van der Waals surface area contributed by atoms with Gasteiger partial charge in [-0.1, -0.05) is 30.3 Å². The minimum absolute atomic E-state index is 0. The van der Waals surface area contributed by atoms with Crippen LogP contribution in [0.2, 0.25) is 0 Å². The zero-order valence-corrected chi connectivity index (χ0v) is 13.9. The fourth-order valence-electron chi connectivity index (χ4n) is 2.20. The molecule has 0 unspecified atom stereocenters. The van der Waals surface area contributed by atoms with Gasteiger partial charge in [0.1, 0.15) is 0 Å². The highest BCUT2D eigenvalue weighted by molar-refractivity contribution is 8.93. The zero-order valence-electron chi connectivity index (χ0n) is 12.2. The third kappa shape index (κ3) is 3.71. The lowest BCUT2D eigenvalue weighted by molar-refractivity contribution is -0.692. The lowest BCUT2D eigenvalue weighted by Gasteiger charge is -2.16. The Morgan fingerprint density at radius 3 is 2.36 bits per heavy atom. The van der Waals surface area contributed by atoms with Gasteiger partial charge in [0.25, 0.3) is 0 Å². The first-order chi connectivity index (χ1) is 10.1. The number of Topliss-reactive ketones (excluding diaryl/α,β-unsaturated/α-hetero) is 1. The maximum atomic E-state index is 12.2. The monoisotopic (exact) mass is 367 g/mol. The highest BCUT2D eigenvalue weighted by Gasteiger charge is 2.19. The van der Waals surface area contributed by atoms with Gasteiger partial charge in [-0.05, 0) is 11.3 Å². The number of halogens is 1. The Hall–Kier alpha value is -1.76. The number of nitrogens with zero attached hydrogens (tertiary/aromatic N) is 1. The molecule has 2 rings (SSSR count). The Balaban J connectivity index is 0.00000242. The molecule has 22 heavy (non-hydrogen) atoms. The van der Waals surface area contributed by atoms with Crippen molar-refractivity contribution in [3.05, 3.63) is 58.9 Å². The molecule has 0 fully saturated rings. The highest BCUT2D eigenvalue weighted by atomic mass is 79.9. The molecule has 0 amide bonds. The maximum Gasteiger partial charge on any atom is 0.227 e. The number of aliphatic hydroxyl groups is 2. The molecule has 0 aliphatic heterocycles. The molecule has 5 nitrogen and oxygen atoms in total. The summed E-state index contributed by atoms with van der Waals surface area (Å²) in [4.78, 5) is 12.2. The van der Waals surface area contributed by atoms with Crippen molar-refractivity contribution in [2.75, 3.05) is 0 Å². The van der Waals surface area contributed by atoms with Crippen LogP contribution in [0.3, 0.4) is 0 Å². The quantitative estimate of drug-likeness (QED) is 0.604. The molecule has 0 bridgehead atoms. The zero-order chi connectivity index (χ0) is 15.4. The fourth-order valence-corrected chi connectivity index (χ4v) is 2.20. The summed E-state index contributed by atoms with van der Waals surface area (Å²) in [6.07, 6.45) is 1.54. The molecule has 1 aromatic carbocycles. The van der Waals surface area contributed by atoms with Gasteiger partial charge in [0, 0.05) is 18.1 Å². The van der Waals surface area contributed by atoms with Crippen molar-refractivity contribution in [2.45, 2.75) is 26.7 Å². The first kappa shape index (κ1) is 18.3. The lowest BCUT2D eigenvalue weighted by Crippen LogP contribution is -2.42. The van der Waals surface area contributed by atoms with Crippen LogP contribution < -0.4 is 9.67 Å². The summed E-state index contributed by atoms with van der Waals surface area (Å²) in [6.45, 7) is 0.832. The van der Waals surface area contributed by atoms with Gasteiger partial charge in [-0.15, -0.1) is 17.0 Å². The van der Waals surface area contributed by atoms with Gasteiger partial charge in [-0.25, -0.2) is 0 Å². The van der Waals surface area contributed by atoms with Crippen LogP contribution in [-0.4, -0.2) is 16.0 Å². The van der Waals surface area contributed by atoms with Crippen molar-refractivity contribution in [3.8, 4) is 5.75 Å². The smallest absolute Gasteiger partial charge is 0.227 e. The van der Waals surface area contributed by atoms with E-state index in [1.807, 2.05) is 6.07 Å². The van der Waals surface area contributed by atoms with Crippen molar-refractivity contribution in [2.24, 2.45) is 0 Å². The Morgan fingerprint density at radius 1 is 1.18 bits per heavy atom. The normalized spacial score (nSPS) is 10.1. The molecule has 1 heterocycles. The molecular weight excluding hydrogens is 350 g/mol. The van der Waals surface area contributed by atoms with E-state index in [0.29, 0.717) is 16.8 Å². The van der Waals surface area contributed by atoms with E-state index in [-0.39, 0.29) is 47.2 Å². The van der Waals surface area contributed by atoms with Gasteiger partial charge < -0.3 is 15.3 Å². The number of benzene rings is 1. The summed E-state index contributed by atoms with van der Waals surface area (Å²) in [5.74, 6) is -0.464. The molecule has 0 spiro atoms. The molecule has 0 aliphatic carbocycles. The van der Waals surface area contributed by atoms with Gasteiger partial charge in [-0.2, -0.15) is 4.57 Å². The predicted octanol–water partition coefficient (Wildman–Crippen LogP) is 0.802. The van der Waals surface area contributed by atoms with Gasteiger partial charge in [0.2, 0.25) is 12.3 Å². The summed E-state index contributed by atoms with van der Waals surface area (Å²) in [6, 6.07) is 8.80. The second-order valence-corrected chi connectivity index (χ2v) is 4.78. The molecule has 2 aromatic rings. The molecule has 0 saturated carbocycles. The predicted molar refractivity (Wildman–Crippen MR) is 83.8 cm³/mol. The third-order valence-corrected chi connectivity index (χ3v) is 3.47. The molecule has 2 N–H and O–H groups in total. The number of carbonyl (C=O) groups is 1. The number of ketones is 1. The number of pyridine rings is 1. The molecule has 0 saturated heterocycles. The largest absolute Gasteiger partial charge is 0.868 e. The molecule has 1 aromatic heterocycles. The summed E-state index contributed by atoms with van der Waals surface area (Å²) < 4.78 is 1.52. The van der Waals surface area contributed by atoms with Gasteiger partial charge in [0.15, 0.2) is 11.9 Å². The summed E-state index contributed by atoms with van der Waals surface area (Å²) in [5, 5.41) is 30.6. The molecular formula is C16H18BrNO4. The Kier molecular flexibility index (Phi) is 6.67. The van der Waals surface area contributed by atoms with E-state index in [1.165, 1.54) is 4.57 Å². The first-order valence-corrected chi connectivity index (χ1v) is 6.60. The van der Waals surface area contributed by atoms with E-state index in [4.69, 9.17) is 0 Å². The highest BCUT2D eigenvalue weighted by Crippen LogP contribution is 2.20. The van der Waals surface area contributed by atoms with Crippen LogP contribution in [0.25, 0.3) is 0 Å². The second kappa shape index (κ2) is 8.03. The van der Waals surface area contributed by atoms with Crippen LogP contribution in [-0.2, 0) is 19.8 Å². The average Bonchev–Trinajstić information content (AvgIpc) is 2.52. The van der Waals surface area contributed by atoms with Crippen LogP contribution in [0.15, 0.2) is 36.5 Å². The molecule has 118 valence electrons. The lowest BCUT2D eigenvalue weighted by atomic mass is 10.1. The minimum Gasteiger partial charge on any atom is -0.868 e. The van der Waals surface area contributed by atoms with E-state index < -0.39 is 6.61 Å². The van der Waals surface area contributed by atoms with Crippen molar-refractivity contribution in [1.29, 1.82) is 0 Å². The number of rotatable bonds is 5. The Morgan fingerprint density at radius 2 is 1.82 bits per heavy atom. The van der Waals surface area contributed by atoms with Crippen LogP contribution in [0.4, 0.5) is 0 Å². The first-order valence-electron chi connectivity index (χ1n) is 6.60. The number of aliphatic hydroxyl groups excluding tert-OH is 2. The standard InChI is InChI=1S/C16H17NO4.BrH/c1-11-16(21)14(10-19)13(9-18)7-17(11)8-15(20)12-5-3-2-4-6-12;/h2-7,18-19H,8-10H2,1H3;1H. The van der Waals surface area contributed by atoms with Gasteiger partial charge in [-0.3, -0.25) is 4.79 Å². The number of aromatic nitrogens is 1. The fraction of sp³-hybridized carbons (Fsp3) is 0.250. The average molecular weight is 368 g/mol. The minimum atomic E-state index is -0.428. The van der Waals surface area contributed by atoms with Crippen molar-refractivity contribution < 1.29 is 24.7 Å². The van der Waals surface area contributed by atoms with E-state index in [1.54, 1.807) is 37.4 Å². The van der Waals surface area contributed by atoms with Crippen LogP contribution in [0.1, 0.15) is 27.2 Å².